The molecule has 10 heteroatoms. The third-order valence-corrected chi connectivity index (χ3v) is 7.17. The Kier molecular flexibility index (Phi) is 5.62. The van der Waals surface area contributed by atoms with Crippen molar-refractivity contribution in [1.29, 1.82) is 0 Å². The summed E-state index contributed by atoms with van der Waals surface area (Å²) in [5.74, 6) is -0.720. The van der Waals surface area contributed by atoms with Gasteiger partial charge < -0.3 is 4.74 Å². The molecule has 3 rings (SSSR count). The standard InChI is InChI=1S/C18H16Br2F6O2/c1-16-7-12(19)14(27)13(20)11(16)4-2-8-6-9(3-5-10(8)16)28-15(17(21,22)23)18(24,25)26/h6-8,10,15H,2-5H2,1H3/t8-,10-,16+/m0/s1. The summed E-state index contributed by atoms with van der Waals surface area (Å²) in [4.78, 5) is 12.2. The number of carbonyl (C=O) groups excluding carboxylic acids is 1. The zero-order valence-electron chi connectivity index (χ0n) is 14.6. The van der Waals surface area contributed by atoms with Gasteiger partial charge >= 0.3 is 12.4 Å². The first-order valence-electron chi connectivity index (χ1n) is 8.58. The molecule has 0 unspecified atom stereocenters. The number of ether oxygens (including phenoxy) is 1. The van der Waals surface area contributed by atoms with Crippen LogP contribution in [0.25, 0.3) is 0 Å². The van der Waals surface area contributed by atoms with Crippen LogP contribution in [0, 0.1) is 17.3 Å². The van der Waals surface area contributed by atoms with E-state index in [1.54, 1.807) is 6.08 Å². The van der Waals surface area contributed by atoms with Crippen LogP contribution in [0.5, 0.6) is 0 Å². The summed E-state index contributed by atoms with van der Waals surface area (Å²) in [6.07, 6.45) is -10.3. The van der Waals surface area contributed by atoms with Gasteiger partial charge in [-0.3, -0.25) is 4.79 Å². The van der Waals surface area contributed by atoms with Crippen molar-refractivity contribution in [2.24, 2.45) is 17.3 Å². The van der Waals surface area contributed by atoms with Crippen LogP contribution in [0.1, 0.15) is 32.6 Å². The van der Waals surface area contributed by atoms with Crippen LogP contribution in [0.3, 0.4) is 0 Å². The topological polar surface area (TPSA) is 26.3 Å². The van der Waals surface area contributed by atoms with Gasteiger partial charge in [-0.2, -0.15) is 26.3 Å². The zero-order valence-corrected chi connectivity index (χ0v) is 17.7. The van der Waals surface area contributed by atoms with Crippen LogP contribution in [0.2, 0.25) is 0 Å². The minimum absolute atomic E-state index is 0.0241. The maximum Gasteiger partial charge on any atom is 0.434 e. The molecule has 0 aromatic rings. The Bertz CT molecular complexity index is 766. The number of carbonyl (C=O) groups is 1. The molecule has 0 aromatic heterocycles. The Labute approximate surface area is 174 Å². The Morgan fingerprint density at radius 3 is 2.29 bits per heavy atom. The molecular weight excluding hydrogens is 522 g/mol. The van der Waals surface area contributed by atoms with Gasteiger partial charge in [0.2, 0.25) is 5.78 Å². The van der Waals surface area contributed by atoms with Gasteiger partial charge in [0.1, 0.15) is 0 Å². The fourth-order valence-corrected chi connectivity index (χ4v) is 6.24. The van der Waals surface area contributed by atoms with Gasteiger partial charge in [-0.15, -0.1) is 0 Å². The number of Topliss-reactive ketones (excluding diaryl/α,β-unsaturated/α-hetero) is 1. The van der Waals surface area contributed by atoms with Gasteiger partial charge in [0.15, 0.2) is 0 Å². The van der Waals surface area contributed by atoms with E-state index >= 15 is 0 Å². The molecule has 0 spiro atoms. The molecule has 0 heterocycles. The maximum atomic E-state index is 12.8. The molecule has 3 aliphatic carbocycles. The number of hydrogen-bond donors (Lipinski definition) is 0. The lowest BCUT2D eigenvalue weighted by molar-refractivity contribution is -0.313. The maximum absolute atomic E-state index is 12.8. The van der Waals surface area contributed by atoms with Gasteiger partial charge in [-0.05, 0) is 74.6 Å². The number of halogens is 8. The van der Waals surface area contributed by atoms with E-state index in [1.165, 1.54) is 6.08 Å². The summed E-state index contributed by atoms with van der Waals surface area (Å²) < 4.78 is 82.0. The Morgan fingerprint density at radius 2 is 1.71 bits per heavy atom. The average Bonchev–Trinajstić information content (AvgIpc) is 2.55. The molecule has 1 fully saturated rings. The van der Waals surface area contributed by atoms with E-state index in [-0.39, 0.29) is 29.8 Å². The molecule has 0 radical (unpaired) electrons. The lowest BCUT2D eigenvalue weighted by atomic mass is 9.56. The molecule has 0 amide bonds. The zero-order chi connectivity index (χ0) is 21.1. The van der Waals surface area contributed by atoms with Gasteiger partial charge in [0.05, 0.1) is 14.7 Å². The monoisotopic (exact) mass is 536 g/mol. The molecule has 3 atom stereocenters. The summed E-state index contributed by atoms with van der Waals surface area (Å²) in [5, 5.41) is 0. The van der Waals surface area contributed by atoms with Crippen molar-refractivity contribution < 1.29 is 35.9 Å². The largest absolute Gasteiger partial charge is 0.476 e. The summed E-state index contributed by atoms with van der Waals surface area (Å²) in [5.41, 5.74) is 0.410. The predicted molar refractivity (Wildman–Crippen MR) is 96.6 cm³/mol. The van der Waals surface area contributed by atoms with E-state index in [0.717, 1.165) is 5.57 Å². The molecule has 28 heavy (non-hydrogen) atoms. The second-order valence-corrected chi connectivity index (χ2v) is 9.11. The molecule has 1 saturated carbocycles. The number of rotatable bonds is 2. The molecule has 3 aliphatic rings. The number of ketones is 1. The van der Waals surface area contributed by atoms with E-state index in [1.807, 2.05) is 6.92 Å². The highest BCUT2D eigenvalue weighted by Crippen LogP contribution is 2.57. The van der Waals surface area contributed by atoms with Crippen molar-refractivity contribution in [2.45, 2.75) is 51.1 Å². The smallest absolute Gasteiger partial charge is 0.434 e. The minimum Gasteiger partial charge on any atom is -0.476 e. The fourth-order valence-electron chi connectivity index (χ4n) is 4.46. The highest BCUT2D eigenvalue weighted by Gasteiger charge is 2.59. The minimum atomic E-state index is -5.54. The Balaban J connectivity index is 1.88. The van der Waals surface area contributed by atoms with Crippen LogP contribution < -0.4 is 0 Å². The first-order valence-corrected chi connectivity index (χ1v) is 10.2. The quantitative estimate of drug-likeness (QED) is 0.366. The average molecular weight is 538 g/mol. The lowest BCUT2D eigenvalue weighted by Crippen LogP contribution is -2.45. The number of alkyl halides is 6. The SMILES string of the molecule is C[C@]12C=C(Br)C(=O)C(Br)=C1CC[C@H]1C=C(OC(C(F)(F)F)C(F)(F)F)CC[C@@H]12. The fraction of sp³-hybridized carbons (Fsp3) is 0.611. The van der Waals surface area contributed by atoms with Crippen LogP contribution in [0.4, 0.5) is 26.3 Å². The Hall–Kier alpha value is -0.770. The van der Waals surface area contributed by atoms with Gasteiger partial charge in [0.25, 0.3) is 6.10 Å². The number of allylic oxidation sites excluding steroid dienone is 6. The molecule has 0 bridgehead atoms. The van der Waals surface area contributed by atoms with Crippen molar-refractivity contribution in [3.63, 3.8) is 0 Å². The van der Waals surface area contributed by atoms with E-state index in [4.69, 9.17) is 0 Å². The second kappa shape index (κ2) is 7.18. The van der Waals surface area contributed by atoms with Crippen molar-refractivity contribution in [1.82, 2.24) is 0 Å². The van der Waals surface area contributed by atoms with Crippen molar-refractivity contribution >= 4 is 37.6 Å². The normalized spacial score (nSPS) is 31.3. The predicted octanol–water partition coefficient (Wildman–Crippen LogP) is 6.72. The summed E-state index contributed by atoms with van der Waals surface area (Å²) in [6.45, 7) is 1.95. The molecule has 0 N–H and O–H groups in total. The molecule has 0 aromatic carbocycles. The third kappa shape index (κ3) is 3.82. The number of hydrogen-bond acceptors (Lipinski definition) is 2. The van der Waals surface area contributed by atoms with E-state index in [2.05, 4.69) is 36.6 Å². The molecule has 0 saturated heterocycles. The molecule has 2 nitrogen and oxygen atoms in total. The molecule has 0 aliphatic heterocycles. The van der Waals surface area contributed by atoms with Gasteiger partial charge in [-0.25, -0.2) is 0 Å². The number of fused-ring (bicyclic) bond motifs is 3. The van der Waals surface area contributed by atoms with Crippen molar-refractivity contribution in [3.05, 3.63) is 32.4 Å². The molecule has 156 valence electrons. The second-order valence-electron chi connectivity index (χ2n) is 7.46. The van der Waals surface area contributed by atoms with Crippen LogP contribution >= 0.6 is 31.9 Å². The first-order chi connectivity index (χ1) is 12.7. The lowest BCUT2D eigenvalue weighted by Gasteiger charge is -2.49. The van der Waals surface area contributed by atoms with Crippen LogP contribution in [0.15, 0.2) is 32.4 Å². The van der Waals surface area contributed by atoms with Crippen molar-refractivity contribution in [2.75, 3.05) is 0 Å². The summed E-state index contributed by atoms with van der Waals surface area (Å²) >= 11 is 6.60. The van der Waals surface area contributed by atoms with Gasteiger partial charge in [0, 0.05) is 11.8 Å². The highest BCUT2D eigenvalue weighted by molar-refractivity contribution is 9.13. The van der Waals surface area contributed by atoms with Crippen LogP contribution in [-0.4, -0.2) is 24.2 Å². The summed E-state index contributed by atoms with van der Waals surface area (Å²) in [6, 6.07) is 0. The summed E-state index contributed by atoms with van der Waals surface area (Å²) in [7, 11) is 0. The van der Waals surface area contributed by atoms with Crippen molar-refractivity contribution in [3.8, 4) is 0 Å². The third-order valence-electron chi connectivity index (χ3n) is 5.74. The molecular formula is C18H16Br2F6O2. The Morgan fingerprint density at radius 1 is 1.11 bits per heavy atom. The first kappa shape index (κ1) is 21.9. The van der Waals surface area contributed by atoms with E-state index in [9.17, 15) is 31.1 Å². The van der Waals surface area contributed by atoms with E-state index < -0.39 is 23.9 Å². The highest BCUT2D eigenvalue weighted by atomic mass is 79.9. The van der Waals surface area contributed by atoms with E-state index in [0.29, 0.717) is 28.2 Å². The van der Waals surface area contributed by atoms with Gasteiger partial charge in [-0.1, -0.05) is 13.0 Å². The van der Waals surface area contributed by atoms with Crippen LogP contribution in [-0.2, 0) is 9.53 Å².